The fourth-order valence-corrected chi connectivity index (χ4v) is 2.52. The van der Waals surface area contributed by atoms with E-state index < -0.39 is 8.03 Å². The van der Waals surface area contributed by atoms with Crippen LogP contribution in [0.15, 0.2) is 0 Å². The molecule has 96 valence electrons. The first-order valence-corrected chi connectivity index (χ1v) is 8.25. The number of unbranched alkanes of at least 4 members (excludes halogenated alkanes) is 7. The van der Waals surface area contributed by atoms with Crippen molar-refractivity contribution in [3.63, 3.8) is 0 Å². The average Bonchev–Trinajstić information content (AvgIpc) is 2.28. The Balaban J connectivity index is 3.09. The molecule has 1 unspecified atom stereocenters. The Morgan fingerprint density at radius 2 is 1.38 bits per heavy atom. The molecular weight excluding hydrogens is 219 g/mol. The summed E-state index contributed by atoms with van der Waals surface area (Å²) in [4.78, 5) is 0. The van der Waals surface area contributed by atoms with Gasteiger partial charge in [-0.05, 0) is 23.8 Å². The highest BCUT2D eigenvalue weighted by atomic mass is 31.1. The third-order valence-corrected chi connectivity index (χ3v) is 3.83. The zero-order chi connectivity index (χ0) is 12.1. The quantitative estimate of drug-likeness (QED) is 0.345. The van der Waals surface area contributed by atoms with Crippen molar-refractivity contribution in [2.24, 2.45) is 0 Å². The second-order valence-electron chi connectivity index (χ2n) is 4.36. The van der Waals surface area contributed by atoms with Crippen molar-refractivity contribution in [1.29, 1.82) is 0 Å². The maximum absolute atomic E-state index is 11.4. The molecule has 0 aliphatic heterocycles. The lowest BCUT2D eigenvalue weighted by atomic mass is 10.1. The van der Waals surface area contributed by atoms with Gasteiger partial charge in [0.2, 0.25) is 0 Å². The standard InChI is InChI=1S/C13H28O2P/c1-3-5-7-8-9-10-11-13-16(14)15-12-6-4-2/h3-13H2,1-2H3/q+1. The molecule has 0 amide bonds. The Bertz CT molecular complexity index is 160. The molecule has 3 heteroatoms. The first-order chi connectivity index (χ1) is 7.81. The smallest absolute Gasteiger partial charge is 0.146 e. The summed E-state index contributed by atoms with van der Waals surface area (Å²) >= 11 is 0. The van der Waals surface area contributed by atoms with Crippen molar-refractivity contribution in [3.05, 3.63) is 0 Å². The molecule has 0 aromatic heterocycles. The molecule has 1 atom stereocenters. The second-order valence-corrected chi connectivity index (χ2v) is 5.74. The molecule has 0 N–H and O–H groups in total. The summed E-state index contributed by atoms with van der Waals surface area (Å²) in [7, 11) is -1.37. The van der Waals surface area contributed by atoms with Gasteiger partial charge in [0.25, 0.3) is 0 Å². The van der Waals surface area contributed by atoms with Gasteiger partial charge in [0.05, 0.1) is 0 Å². The number of hydrogen-bond acceptors (Lipinski definition) is 2. The molecule has 0 fully saturated rings. The highest BCUT2D eigenvalue weighted by molar-refractivity contribution is 7.39. The maximum atomic E-state index is 11.4. The summed E-state index contributed by atoms with van der Waals surface area (Å²) in [6, 6.07) is 0. The summed E-state index contributed by atoms with van der Waals surface area (Å²) in [5.41, 5.74) is 0. The van der Waals surface area contributed by atoms with Gasteiger partial charge < -0.3 is 0 Å². The van der Waals surface area contributed by atoms with E-state index in [1.165, 1.54) is 38.5 Å². The highest BCUT2D eigenvalue weighted by Gasteiger charge is 2.15. The van der Waals surface area contributed by atoms with Gasteiger partial charge in [-0.2, -0.15) is 0 Å². The largest absolute Gasteiger partial charge is 0.508 e. The van der Waals surface area contributed by atoms with Crippen LogP contribution in [0, 0.1) is 0 Å². The van der Waals surface area contributed by atoms with E-state index in [4.69, 9.17) is 4.52 Å². The van der Waals surface area contributed by atoms with Crippen molar-refractivity contribution >= 4 is 8.03 Å². The lowest BCUT2D eigenvalue weighted by Crippen LogP contribution is -1.88. The Morgan fingerprint density at radius 1 is 0.812 bits per heavy atom. The van der Waals surface area contributed by atoms with Gasteiger partial charge in [0, 0.05) is 0 Å². The SMILES string of the molecule is CCCCCCCCC[P+](=O)OCCCC. The molecule has 2 nitrogen and oxygen atoms in total. The van der Waals surface area contributed by atoms with Gasteiger partial charge in [-0.15, -0.1) is 4.52 Å². The lowest BCUT2D eigenvalue weighted by molar-refractivity contribution is 0.320. The second kappa shape index (κ2) is 13.1. The Hall–Kier alpha value is 0.0600. The highest BCUT2D eigenvalue weighted by Crippen LogP contribution is 2.24. The predicted octanol–water partition coefficient (Wildman–Crippen LogP) is 5.30. The maximum Gasteiger partial charge on any atom is 0.508 e. The van der Waals surface area contributed by atoms with E-state index >= 15 is 0 Å². The third kappa shape index (κ3) is 12.1. The van der Waals surface area contributed by atoms with Crippen LogP contribution in [-0.2, 0) is 9.09 Å². The van der Waals surface area contributed by atoms with Crippen LogP contribution in [0.1, 0.15) is 71.6 Å². The summed E-state index contributed by atoms with van der Waals surface area (Å²) in [5.74, 6) is 0. The zero-order valence-corrected chi connectivity index (χ0v) is 11.9. The van der Waals surface area contributed by atoms with Crippen molar-refractivity contribution < 1.29 is 9.09 Å². The topological polar surface area (TPSA) is 26.3 Å². The number of rotatable bonds is 12. The van der Waals surface area contributed by atoms with Crippen molar-refractivity contribution in [1.82, 2.24) is 0 Å². The monoisotopic (exact) mass is 247 g/mol. The van der Waals surface area contributed by atoms with E-state index in [2.05, 4.69) is 13.8 Å². The van der Waals surface area contributed by atoms with Crippen LogP contribution in [0.4, 0.5) is 0 Å². The van der Waals surface area contributed by atoms with Crippen LogP contribution in [0.3, 0.4) is 0 Å². The Kier molecular flexibility index (Phi) is 13.2. The van der Waals surface area contributed by atoms with E-state index in [1.807, 2.05) is 0 Å². The molecule has 0 aromatic rings. The van der Waals surface area contributed by atoms with E-state index in [1.54, 1.807) is 0 Å². The molecule has 16 heavy (non-hydrogen) atoms. The molecule has 0 saturated heterocycles. The summed E-state index contributed by atoms with van der Waals surface area (Å²) < 4.78 is 16.6. The fourth-order valence-electron chi connectivity index (χ4n) is 1.57. The van der Waals surface area contributed by atoms with Gasteiger partial charge in [-0.25, -0.2) is 0 Å². The van der Waals surface area contributed by atoms with Crippen LogP contribution < -0.4 is 0 Å². The lowest BCUT2D eigenvalue weighted by Gasteiger charge is -1.97. The normalized spacial score (nSPS) is 11.8. The minimum atomic E-state index is -1.37. The van der Waals surface area contributed by atoms with Crippen LogP contribution in [0.25, 0.3) is 0 Å². The molecule has 0 rings (SSSR count). The molecule has 0 aliphatic rings. The average molecular weight is 247 g/mol. The minimum absolute atomic E-state index is 0.669. The van der Waals surface area contributed by atoms with Gasteiger partial charge >= 0.3 is 8.03 Å². The van der Waals surface area contributed by atoms with Gasteiger partial charge in [0.15, 0.2) is 6.16 Å². The van der Waals surface area contributed by atoms with E-state index in [9.17, 15) is 4.57 Å². The van der Waals surface area contributed by atoms with Crippen molar-refractivity contribution in [2.75, 3.05) is 12.8 Å². The van der Waals surface area contributed by atoms with Crippen LogP contribution in [0.2, 0.25) is 0 Å². The third-order valence-electron chi connectivity index (χ3n) is 2.68. The molecule has 0 radical (unpaired) electrons. The van der Waals surface area contributed by atoms with Gasteiger partial charge in [-0.3, -0.25) is 0 Å². The predicted molar refractivity (Wildman–Crippen MR) is 71.3 cm³/mol. The van der Waals surface area contributed by atoms with Crippen LogP contribution in [0.5, 0.6) is 0 Å². The molecule has 0 bridgehead atoms. The van der Waals surface area contributed by atoms with Crippen LogP contribution in [-0.4, -0.2) is 12.8 Å². The van der Waals surface area contributed by atoms with Gasteiger partial charge in [0.1, 0.15) is 6.61 Å². The molecule has 0 spiro atoms. The Labute approximate surface area is 102 Å². The van der Waals surface area contributed by atoms with Crippen molar-refractivity contribution in [2.45, 2.75) is 71.6 Å². The molecule has 0 aliphatic carbocycles. The minimum Gasteiger partial charge on any atom is -0.146 e. The molecule has 0 aromatic carbocycles. The van der Waals surface area contributed by atoms with Crippen LogP contribution >= 0.6 is 8.03 Å². The zero-order valence-electron chi connectivity index (χ0n) is 11.0. The van der Waals surface area contributed by atoms with E-state index in [-0.39, 0.29) is 0 Å². The Morgan fingerprint density at radius 3 is 2.00 bits per heavy atom. The van der Waals surface area contributed by atoms with E-state index in [0.717, 1.165) is 25.4 Å². The molecule has 0 heterocycles. The first kappa shape index (κ1) is 16.1. The van der Waals surface area contributed by atoms with Gasteiger partial charge in [-0.1, -0.05) is 52.4 Å². The first-order valence-electron chi connectivity index (χ1n) is 6.88. The fraction of sp³-hybridized carbons (Fsp3) is 1.00. The van der Waals surface area contributed by atoms with E-state index in [0.29, 0.717) is 6.61 Å². The molecular formula is C13H28O2P+. The van der Waals surface area contributed by atoms with Crippen molar-refractivity contribution in [3.8, 4) is 0 Å². The molecule has 0 saturated carbocycles. The number of hydrogen-bond donors (Lipinski definition) is 0. The summed E-state index contributed by atoms with van der Waals surface area (Å²) in [6.45, 7) is 5.02. The summed E-state index contributed by atoms with van der Waals surface area (Å²) in [6.07, 6.45) is 11.8. The summed E-state index contributed by atoms with van der Waals surface area (Å²) in [5, 5.41) is 0.